The maximum absolute atomic E-state index is 8.88. The van der Waals surface area contributed by atoms with E-state index in [4.69, 9.17) is 19.2 Å². The van der Waals surface area contributed by atoms with E-state index in [1.807, 2.05) is 0 Å². The van der Waals surface area contributed by atoms with Crippen LogP contribution in [0.5, 0.6) is 0 Å². The molecule has 1 radical (unpaired) electrons. The van der Waals surface area contributed by atoms with E-state index in [1.165, 1.54) is 0 Å². The summed E-state index contributed by atoms with van der Waals surface area (Å²) in [5.74, 6) is 0. The smallest absolute Gasteiger partial charge is 1.00 e. The zero-order valence-corrected chi connectivity index (χ0v) is 7.33. The van der Waals surface area contributed by atoms with Crippen molar-refractivity contribution in [3.05, 3.63) is 0 Å². The van der Waals surface area contributed by atoms with Crippen molar-refractivity contribution in [2.75, 3.05) is 0 Å². The Morgan fingerprint density at radius 2 is 1.29 bits per heavy atom. The molecule has 0 unspecified atom stereocenters. The van der Waals surface area contributed by atoms with Crippen molar-refractivity contribution in [1.29, 1.82) is 0 Å². The van der Waals surface area contributed by atoms with Crippen LogP contribution >= 0.6 is 7.82 Å². The van der Waals surface area contributed by atoms with E-state index in [0.29, 0.717) is 0 Å². The first-order valence-corrected chi connectivity index (χ1v) is 2.35. The molecule has 0 fully saturated rings. The molecule has 0 saturated heterocycles. The Balaban J connectivity index is -0.0000000267. The molecule has 0 amide bonds. The summed E-state index contributed by atoms with van der Waals surface area (Å²) in [7, 11) is -4.64. The molecule has 4 nitrogen and oxygen atoms in total. The van der Waals surface area contributed by atoms with Crippen molar-refractivity contribution in [1.82, 2.24) is 0 Å². The topological polar surface area (TPSA) is 77.8 Å². The van der Waals surface area contributed by atoms with Gasteiger partial charge < -0.3 is 16.1 Å². The Kier molecular flexibility index (Phi) is 13.0. The van der Waals surface area contributed by atoms with Gasteiger partial charge in [0.1, 0.15) is 0 Å². The zero-order valence-electron chi connectivity index (χ0n) is 4.50. The van der Waals surface area contributed by atoms with E-state index in [9.17, 15) is 0 Å². The van der Waals surface area contributed by atoms with Gasteiger partial charge in [0.15, 0.2) is 0 Å². The second kappa shape index (κ2) is 5.76. The average Bonchev–Trinajstić information content (AvgIpc) is 0.722. The van der Waals surface area contributed by atoms with Crippen molar-refractivity contribution >= 4 is 7.82 Å². The molecular weight excluding hydrogens is 182 g/mol. The minimum Gasteiger partial charge on any atom is -1.00 e. The van der Waals surface area contributed by atoms with Crippen LogP contribution in [-0.2, 0) is 21.6 Å². The summed E-state index contributed by atoms with van der Waals surface area (Å²) < 4.78 is 8.88. The molecule has 3 N–H and O–H groups in total. The SMILES string of the molecule is O=P(O)(O)O.[Cu].[H-].[Na+]. The summed E-state index contributed by atoms with van der Waals surface area (Å²) in [6, 6.07) is 0. The van der Waals surface area contributed by atoms with Gasteiger partial charge in [0.25, 0.3) is 0 Å². The number of rotatable bonds is 0. The average molecular weight is 186 g/mol. The van der Waals surface area contributed by atoms with Gasteiger partial charge in [-0.05, 0) is 0 Å². The van der Waals surface area contributed by atoms with E-state index >= 15 is 0 Å². The monoisotopic (exact) mass is 185 g/mol. The van der Waals surface area contributed by atoms with Crippen LogP contribution in [0.25, 0.3) is 0 Å². The summed E-state index contributed by atoms with van der Waals surface area (Å²) in [6.07, 6.45) is 0. The quantitative estimate of drug-likeness (QED) is 0.267. The van der Waals surface area contributed by atoms with E-state index in [-0.39, 0.29) is 48.1 Å². The van der Waals surface area contributed by atoms with E-state index in [0.717, 1.165) is 0 Å². The molecule has 45 valence electrons. The van der Waals surface area contributed by atoms with E-state index in [2.05, 4.69) is 0 Å². The summed E-state index contributed by atoms with van der Waals surface area (Å²) in [5, 5.41) is 0. The van der Waals surface area contributed by atoms with Gasteiger partial charge in [-0.1, -0.05) is 0 Å². The molecule has 0 saturated carbocycles. The van der Waals surface area contributed by atoms with Crippen LogP contribution in [0, 0.1) is 0 Å². The molecule has 0 aliphatic carbocycles. The molecule has 0 spiro atoms. The number of hydrogen-bond acceptors (Lipinski definition) is 1. The van der Waals surface area contributed by atoms with Crippen molar-refractivity contribution in [2.45, 2.75) is 0 Å². The van der Waals surface area contributed by atoms with Crippen LogP contribution in [0.15, 0.2) is 0 Å². The van der Waals surface area contributed by atoms with E-state index < -0.39 is 7.82 Å². The molecular formula is H4CuNaO4P. The van der Waals surface area contributed by atoms with Gasteiger partial charge in [-0.3, -0.25) is 0 Å². The first-order valence-electron chi connectivity index (χ1n) is 0.783. The van der Waals surface area contributed by atoms with Crippen LogP contribution in [0.4, 0.5) is 0 Å². The van der Waals surface area contributed by atoms with Crippen LogP contribution in [0.3, 0.4) is 0 Å². The van der Waals surface area contributed by atoms with Gasteiger partial charge in [-0.2, -0.15) is 0 Å². The Bertz CT molecular complexity index is 62.2. The van der Waals surface area contributed by atoms with Crippen LogP contribution in [-0.4, -0.2) is 14.7 Å². The molecule has 0 aliphatic rings. The van der Waals surface area contributed by atoms with Gasteiger partial charge in [0, 0.05) is 17.1 Å². The van der Waals surface area contributed by atoms with Crippen molar-refractivity contribution in [3.8, 4) is 0 Å². The fourth-order valence-corrected chi connectivity index (χ4v) is 0. The number of phosphoric acid groups is 1. The molecule has 7 heteroatoms. The summed E-state index contributed by atoms with van der Waals surface area (Å²) >= 11 is 0. The van der Waals surface area contributed by atoms with Gasteiger partial charge in [-0.15, -0.1) is 0 Å². The molecule has 0 aromatic heterocycles. The number of hydrogen-bond donors (Lipinski definition) is 3. The summed E-state index contributed by atoms with van der Waals surface area (Å²) in [5.41, 5.74) is 0. The largest absolute Gasteiger partial charge is 1.00 e. The van der Waals surface area contributed by atoms with Crippen molar-refractivity contribution < 1.29 is 67.3 Å². The molecule has 0 rings (SSSR count). The zero-order chi connectivity index (χ0) is 4.50. The fraction of sp³-hybridized carbons (Fsp3) is 0. The van der Waals surface area contributed by atoms with Gasteiger partial charge in [0.2, 0.25) is 0 Å². The van der Waals surface area contributed by atoms with Gasteiger partial charge >= 0.3 is 37.4 Å². The third-order valence-electron chi connectivity index (χ3n) is 0. The molecule has 0 atom stereocenters. The van der Waals surface area contributed by atoms with Crippen LogP contribution in [0.1, 0.15) is 1.43 Å². The summed E-state index contributed by atoms with van der Waals surface area (Å²) in [6.45, 7) is 0. The minimum absolute atomic E-state index is 0. The fourth-order valence-electron chi connectivity index (χ4n) is 0. The van der Waals surface area contributed by atoms with Crippen molar-refractivity contribution in [3.63, 3.8) is 0 Å². The standard InChI is InChI=1S/Cu.Na.H3O4P.H/c;;1-5(2,3)4;/h;;(H3,1,2,3,4);/q;+1;;-1. The second-order valence-electron chi connectivity index (χ2n) is 0.513. The predicted molar refractivity (Wildman–Crippen MR) is 15.4 cm³/mol. The van der Waals surface area contributed by atoms with Crippen LogP contribution in [0.2, 0.25) is 0 Å². The van der Waals surface area contributed by atoms with E-state index in [1.54, 1.807) is 0 Å². The predicted octanol–water partition coefficient (Wildman–Crippen LogP) is -3.81. The first kappa shape index (κ1) is 15.9. The Labute approximate surface area is 74.8 Å². The summed E-state index contributed by atoms with van der Waals surface area (Å²) in [4.78, 5) is 21.6. The molecule has 0 heterocycles. The molecule has 7 heavy (non-hydrogen) atoms. The maximum Gasteiger partial charge on any atom is 1.00 e. The molecule has 0 bridgehead atoms. The third kappa shape index (κ3) is 91.1. The molecule has 0 aromatic rings. The Morgan fingerprint density at radius 1 is 1.29 bits per heavy atom. The Morgan fingerprint density at radius 3 is 1.29 bits per heavy atom. The van der Waals surface area contributed by atoms with Crippen molar-refractivity contribution in [2.24, 2.45) is 0 Å². The van der Waals surface area contributed by atoms with Crippen LogP contribution < -0.4 is 29.6 Å². The maximum atomic E-state index is 8.88. The first-order chi connectivity index (χ1) is 2.00. The molecule has 0 aromatic carbocycles. The van der Waals surface area contributed by atoms with Gasteiger partial charge in [0.05, 0.1) is 0 Å². The minimum atomic E-state index is -4.64. The third-order valence-corrected chi connectivity index (χ3v) is 0. The molecule has 0 aliphatic heterocycles. The second-order valence-corrected chi connectivity index (χ2v) is 1.54. The Hall–Kier alpha value is 1.63. The normalized spacial score (nSPS) is 8.43. The van der Waals surface area contributed by atoms with Gasteiger partial charge in [-0.25, -0.2) is 4.57 Å².